The lowest BCUT2D eigenvalue weighted by Gasteiger charge is -2.16. The first-order valence-corrected chi connectivity index (χ1v) is 13.6. The fraction of sp³-hybridized carbons (Fsp3) is 0.280. The number of hydrogen-bond acceptors (Lipinski definition) is 11. The van der Waals surface area contributed by atoms with Crippen molar-refractivity contribution in [1.82, 2.24) is 24.2 Å². The van der Waals surface area contributed by atoms with Gasteiger partial charge in [0, 0.05) is 35.7 Å². The highest BCUT2D eigenvalue weighted by molar-refractivity contribution is 7.92. The van der Waals surface area contributed by atoms with E-state index < -0.39 is 34.6 Å². The lowest BCUT2D eigenvalue weighted by molar-refractivity contribution is -0.0329. The van der Waals surface area contributed by atoms with Crippen molar-refractivity contribution in [2.75, 3.05) is 12.3 Å². The maximum Gasteiger partial charge on any atom is 0.233 e. The van der Waals surface area contributed by atoms with E-state index in [0.29, 0.717) is 33.7 Å². The van der Waals surface area contributed by atoms with Gasteiger partial charge in [0.1, 0.15) is 23.8 Å². The van der Waals surface area contributed by atoms with Crippen LogP contribution in [0.3, 0.4) is 0 Å². The number of nitrogens with zero attached hydrogens (tertiary/aromatic N) is 4. The van der Waals surface area contributed by atoms with Crippen LogP contribution < -0.4 is 10.5 Å². The monoisotopic (exact) mass is 554 g/mol. The minimum Gasteiger partial charge on any atom is -0.443 e. The van der Waals surface area contributed by atoms with Gasteiger partial charge in [-0.05, 0) is 12.5 Å². The number of nitrogens with one attached hydrogen (secondary N) is 1. The number of ketones is 1. The minimum absolute atomic E-state index is 0.0763. The molecule has 4 aromatic rings. The van der Waals surface area contributed by atoms with E-state index in [4.69, 9.17) is 14.9 Å². The maximum atomic E-state index is 12.7. The van der Waals surface area contributed by atoms with Gasteiger partial charge in [-0.15, -0.1) is 0 Å². The van der Waals surface area contributed by atoms with Gasteiger partial charge in [0.15, 0.2) is 29.8 Å². The number of allylic oxidation sites excluding steroid dienone is 1. The number of carbonyl (C=O) groups excluding carboxylic acids is 1. The number of aliphatic hydroxyl groups is 2. The summed E-state index contributed by atoms with van der Waals surface area (Å²) in [6, 6.07) is 8.52. The third kappa shape index (κ3) is 5.60. The van der Waals surface area contributed by atoms with Gasteiger partial charge in [0.2, 0.25) is 10.0 Å². The fourth-order valence-corrected chi connectivity index (χ4v) is 5.23. The van der Waals surface area contributed by atoms with Crippen LogP contribution in [0.1, 0.15) is 29.4 Å². The molecule has 1 aliphatic rings. The molecule has 204 valence electrons. The first-order valence-electron chi connectivity index (χ1n) is 12.0. The van der Waals surface area contributed by atoms with E-state index in [1.165, 1.54) is 35.8 Å². The van der Waals surface area contributed by atoms with Gasteiger partial charge in [0.05, 0.1) is 18.2 Å². The normalized spacial score (nSPS) is 21.7. The van der Waals surface area contributed by atoms with E-state index in [1.807, 2.05) is 0 Å². The van der Waals surface area contributed by atoms with Crippen molar-refractivity contribution in [3.63, 3.8) is 0 Å². The maximum absolute atomic E-state index is 12.7. The number of aliphatic hydroxyl groups excluding tert-OH is 2. The zero-order valence-electron chi connectivity index (χ0n) is 20.5. The summed E-state index contributed by atoms with van der Waals surface area (Å²) < 4.78 is 39.8. The molecule has 0 radical (unpaired) electrons. The minimum atomic E-state index is -3.91. The Morgan fingerprint density at radius 2 is 2.00 bits per heavy atom. The molecule has 13 nitrogen and oxygen atoms in total. The summed E-state index contributed by atoms with van der Waals surface area (Å²) in [6.45, 7) is -0.299. The number of rotatable bonds is 10. The second-order valence-electron chi connectivity index (χ2n) is 8.91. The van der Waals surface area contributed by atoms with Crippen LogP contribution in [0.4, 0.5) is 5.69 Å². The first kappa shape index (κ1) is 26.6. The van der Waals surface area contributed by atoms with Crippen LogP contribution in [0.15, 0.2) is 71.3 Å². The van der Waals surface area contributed by atoms with Crippen molar-refractivity contribution in [1.29, 1.82) is 0 Å². The van der Waals surface area contributed by atoms with Gasteiger partial charge in [-0.3, -0.25) is 9.36 Å². The number of sulfonamides is 1. The molecule has 39 heavy (non-hydrogen) atoms. The summed E-state index contributed by atoms with van der Waals surface area (Å²) in [7, 11) is -3.91. The van der Waals surface area contributed by atoms with Gasteiger partial charge >= 0.3 is 0 Å². The summed E-state index contributed by atoms with van der Waals surface area (Å²) in [4.78, 5) is 25.0. The molecule has 0 unspecified atom stereocenters. The molecule has 0 aliphatic carbocycles. The molecule has 0 spiro atoms. The summed E-state index contributed by atoms with van der Waals surface area (Å²) in [5.74, 6) is 0.286. The number of carbonyl (C=O) groups is 1. The standard InChI is InChI=1S/C25H26N6O7S/c26-17-8-9-28-24-21(17)29-13-31(24)25-23(34)22(33)20(38-25)12-30-39(35,36)10-4-3-7-18(32)15-5-1-2-6-16(15)19-11-27-14-37-19/h1-2,4-6,8-11,13-14,20,22-23,25,30,33-34H,3,7,12H2,(H2,26,28)/b10-4+/t20-,22-,23-,25-/m1/s1. The second kappa shape index (κ2) is 11.0. The number of benzene rings is 1. The van der Waals surface area contributed by atoms with Crippen molar-refractivity contribution >= 4 is 32.7 Å². The van der Waals surface area contributed by atoms with Crippen LogP contribution in [-0.2, 0) is 14.8 Å². The quantitative estimate of drug-likeness (QED) is 0.207. The Kier molecular flexibility index (Phi) is 7.54. The number of anilines is 1. The van der Waals surface area contributed by atoms with E-state index in [1.54, 1.807) is 30.3 Å². The van der Waals surface area contributed by atoms with Crippen LogP contribution in [0.25, 0.3) is 22.5 Å². The average molecular weight is 555 g/mol. The van der Waals surface area contributed by atoms with Crippen LogP contribution in [0, 0.1) is 0 Å². The highest BCUT2D eigenvalue weighted by Gasteiger charge is 2.44. The Morgan fingerprint density at radius 1 is 1.18 bits per heavy atom. The van der Waals surface area contributed by atoms with E-state index >= 15 is 0 Å². The molecule has 4 heterocycles. The van der Waals surface area contributed by atoms with Crippen LogP contribution in [0.2, 0.25) is 0 Å². The largest absolute Gasteiger partial charge is 0.443 e. The number of imidazole rings is 1. The highest BCUT2D eigenvalue weighted by atomic mass is 32.2. The third-order valence-electron chi connectivity index (χ3n) is 6.33. The molecule has 1 aromatic carbocycles. The topological polar surface area (TPSA) is 196 Å². The molecule has 0 saturated carbocycles. The van der Waals surface area contributed by atoms with Crippen LogP contribution in [-0.4, -0.2) is 68.8 Å². The predicted octanol–water partition coefficient (Wildman–Crippen LogP) is 1.38. The van der Waals surface area contributed by atoms with Gasteiger partial charge < -0.3 is 25.1 Å². The van der Waals surface area contributed by atoms with Crippen molar-refractivity contribution < 1.29 is 32.6 Å². The Hall–Kier alpha value is -3.95. The number of aromatic nitrogens is 4. The van der Waals surface area contributed by atoms with E-state index in [9.17, 15) is 23.4 Å². The molecule has 5 rings (SSSR count). The van der Waals surface area contributed by atoms with Gasteiger partial charge in [-0.1, -0.05) is 30.3 Å². The van der Waals surface area contributed by atoms with Crippen LogP contribution in [0.5, 0.6) is 0 Å². The number of fused-ring (bicyclic) bond motifs is 1. The van der Waals surface area contributed by atoms with Gasteiger partial charge in [0.25, 0.3) is 0 Å². The molecule has 1 fully saturated rings. The summed E-state index contributed by atoms with van der Waals surface area (Å²) in [5, 5.41) is 22.0. The van der Waals surface area contributed by atoms with E-state index in [0.717, 1.165) is 5.41 Å². The Labute approximate surface area is 223 Å². The zero-order valence-corrected chi connectivity index (χ0v) is 21.3. The summed E-state index contributed by atoms with van der Waals surface area (Å²) >= 11 is 0. The number of nitrogen functional groups attached to an aromatic ring is 1. The number of Topliss-reactive ketones (excluding diaryl/α,β-unsaturated/α-hetero) is 1. The molecule has 5 N–H and O–H groups in total. The lowest BCUT2D eigenvalue weighted by atomic mass is 9.99. The Bertz CT molecular complexity index is 1600. The number of oxazole rings is 1. The number of hydrogen-bond donors (Lipinski definition) is 4. The lowest BCUT2D eigenvalue weighted by Crippen LogP contribution is -2.39. The molecule has 1 saturated heterocycles. The average Bonchev–Trinajstić information content (AvgIpc) is 3.67. The number of pyridine rings is 1. The van der Waals surface area contributed by atoms with E-state index in [-0.39, 0.29) is 25.2 Å². The van der Waals surface area contributed by atoms with Gasteiger partial charge in [-0.25, -0.2) is 28.1 Å². The van der Waals surface area contributed by atoms with E-state index in [2.05, 4.69) is 19.7 Å². The van der Waals surface area contributed by atoms with Gasteiger partial charge in [-0.2, -0.15) is 0 Å². The summed E-state index contributed by atoms with van der Waals surface area (Å²) in [6.07, 6.45) is 2.46. The molecular weight excluding hydrogens is 528 g/mol. The molecule has 4 atom stereocenters. The zero-order chi connectivity index (χ0) is 27.6. The smallest absolute Gasteiger partial charge is 0.233 e. The molecule has 0 bridgehead atoms. The number of nitrogens with two attached hydrogens (primary N) is 1. The van der Waals surface area contributed by atoms with Crippen molar-refractivity contribution in [3.05, 3.63) is 72.5 Å². The second-order valence-corrected chi connectivity index (χ2v) is 10.6. The molecule has 14 heteroatoms. The van der Waals surface area contributed by atoms with Crippen molar-refractivity contribution in [2.45, 2.75) is 37.4 Å². The Balaban J connectivity index is 1.16. The molecule has 0 amide bonds. The van der Waals surface area contributed by atoms with Crippen molar-refractivity contribution in [3.8, 4) is 11.3 Å². The first-order chi connectivity index (χ1) is 18.7. The summed E-state index contributed by atoms with van der Waals surface area (Å²) in [5.41, 5.74) is 8.12. The predicted molar refractivity (Wildman–Crippen MR) is 139 cm³/mol. The molecule has 1 aliphatic heterocycles. The third-order valence-corrected chi connectivity index (χ3v) is 7.45. The molecular formula is C25H26N6O7S. The van der Waals surface area contributed by atoms with Crippen molar-refractivity contribution in [2.24, 2.45) is 0 Å². The fourth-order valence-electron chi connectivity index (χ4n) is 4.35. The highest BCUT2D eigenvalue weighted by Crippen LogP contribution is 2.32. The SMILES string of the molecule is Nc1ccnc2c1ncn2[C@@H]1O[C@H](CNS(=O)(=O)/C=C/CCC(=O)c2ccccc2-c2cnco2)[C@@H](O)[C@H]1O. The Morgan fingerprint density at radius 3 is 2.79 bits per heavy atom. The molecule has 3 aromatic heterocycles. The van der Waals surface area contributed by atoms with Crippen LogP contribution >= 0.6 is 0 Å². The number of ether oxygens (including phenoxy) is 1.